The molecule has 184 valence electrons. The van der Waals surface area contributed by atoms with Crippen LogP contribution < -0.4 is 11.1 Å². The third kappa shape index (κ3) is 5.90. The van der Waals surface area contributed by atoms with Crippen LogP contribution >= 0.6 is 0 Å². The zero-order chi connectivity index (χ0) is 24.8. The number of carbonyl (C=O) groups is 5. The largest absolute Gasteiger partial charge is 0.481 e. The molecule has 0 spiro atoms. The zero-order valence-electron chi connectivity index (χ0n) is 18.8. The van der Waals surface area contributed by atoms with Crippen molar-refractivity contribution >= 4 is 29.7 Å². The van der Waals surface area contributed by atoms with Crippen LogP contribution in [0.4, 0.5) is 0 Å². The van der Waals surface area contributed by atoms with Gasteiger partial charge in [-0.05, 0) is 37.7 Å². The molecule has 11 heteroatoms. The van der Waals surface area contributed by atoms with E-state index in [-0.39, 0.29) is 13.0 Å². The molecule has 11 nitrogen and oxygen atoms in total. The average molecular weight is 475 g/mol. The molecule has 4 unspecified atom stereocenters. The number of aliphatic carboxylic acids is 2. The van der Waals surface area contributed by atoms with Crippen molar-refractivity contribution in [3.05, 3.63) is 35.9 Å². The first-order valence-electron chi connectivity index (χ1n) is 11.3. The minimum atomic E-state index is -1.43. The van der Waals surface area contributed by atoms with E-state index in [4.69, 9.17) is 5.73 Å². The van der Waals surface area contributed by atoms with Gasteiger partial charge in [0.2, 0.25) is 17.7 Å². The Morgan fingerprint density at radius 3 is 2.12 bits per heavy atom. The highest BCUT2D eigenvalue weighted by Gasteiger charge is 2.41. The van der Waals surface area contributed by atoms with E-state index in [1.807, 2.05) is 30.3 Å². The van der Waals surface area contributed by atoms with Crippen molar-refractivity contribution in [2.75, 3.05) is 13.1 Å². The molecule has 2 aliphatic heterocycles. The Morgan fingerprint density at radius 2 is 1.53 bits per heavy atom. The summed E-state index contributed by atoms with van der Waals surface area (Å²) in [5, 5.41) is 21.1. The zero-order valence-corrected chi connectivity index (χ0v) is 18.8. The molecule has 2 fully saturated rings. The van der Waals surface area contributed by atoms with Crippen LogP contribution in [0.25, 0.3) is 0 Å². The summed E-state index contributed by atoms with van der Waals surface area (Å²) in [7, 11) is 0. The molecular formula is C23H30N4O7. The topological polar surface area (TPSA) is 170 Å². The third-order valence-corrected chi connectivity index (χ3v) is 6.27. The highest BCUT2D eigenvalue weighted by molar-refractivity contribution is 5.96. The highest BCUT2D eigenvalue weighted by Crippen LogP contribution is 2.22. The van der Waals surface area contributed by atoms with Crippen LogP contribution in [0.5, 0.6) is 0 Å². The van der Waals surface area contributed by atoms with E-state index in [9.17, 15) is 34.2 Å². The molecule has 4 atom stereocenters. The number of carbonyl (C=O) groups excluding carboxylic acids is 3. The van der Waals surface area contributed by atoms with Crippen LogP contribution in [0.1, 0.15) is 37.7 Å². The quantitative estimate of drug-likeness (QED) is 0.374. The van der Waals surface area contributed by atoms with Gasteiger partial charge < -0.3 is 31.1 Å². The van der Waals surface area contributed by atoms with Crippen molar-refractivity contribution in [3.8, 4) is 0 Å². The second-order valence-corrected chi connectivity index (χ2v) is 8.67. The molecule has 1 aromatic carbocycles. The third-order valence-electron chi connectivity index (χ3n) is 6.27. The molecule has 5 N–H and O–H groups in total. The van der Waals surface area contributed by atoms with Gasteiger partial charge in [0.05, 0.1) is 12.5 Å². The van der Waals surface area contributed by atoms with Crippen molar-refractivity contribution in [2.24, 2.45) is 5.73 Å². The van der Waals surface area contributed by atoms with Gasteiger partial charge in [-0.25, -0.2) is 4.79 Å². The lowest BCUT2D eigenvalue weighted by molar-refractivity contribution is -0.151. The van der Waals surface area contributed by atoms with Crippen LogP contribution in [0.3, 0.4) is 0 Å². The Morgan fingerprint density at radius 1 is 0.941 bits per heavy atom. The van der Waals surface area contributed by atoms with Crippen LogP contribution in [-0.2, 0) is 30.4 Å². The Labute approximate surface area is 196 Å². The molecule has 0 saturated carbocycles. The van der Waals surface area contributed by atoms with Crippen LogP contribution in [0.2, 0.25) is 0 Å². The van der Waals surface area contributed by atoms with Crippen molar-refractivity contribution < 1.29 is 34.2 Å². The Kier molecular flexibility index (Phi) is 8.21. The number of benzene rings is 1. The summed E-state index contributed by atoms with van der Waals surface area (Å²) in [4.78, 5) is 64.3. The molecular weight excluding hydrogens is 444 g/mol. The van der Waals surface area contributed by atoms with Gasteiger partial charge in [0.1, 0.15) is 18.1 Å². The molecule has 0 aromatic heterocycles. The van der Waals surface area contributed by atoms with Gasteiger partial charge in [0.15, 0.2) is 0 Å². The predicted molar refractivity (Wildman–Crippen MR) is 119 cm³/mol. The van der Waals surface area contributed by atoms with Gasteiger partial charge in [0.25, 0.3) is 0 Å². The van der Waals surface area contributed by atoms with Crippen molar-refractivity contribution in [1.29, 1.82) is 0 Å². The van der Waals surface area contributed by atoms with Crippen molar-refractivity contribution in [1.82, 2.24) is 15.1 Å². The van der Waals surface area contributed by atoms with E-state index in [0.29, 0.717) is 32.2 Å². The normalized spacial score (nSPS) is 21.7. The lowest BCUT2D eigenvalue weighted by atomic mass is 10.0. The number of nitrogens with one attached hydrogen (secondary N) is 1. The number of carboxylic acids is 2. The maximum Gasteiger partial charge on any atom is 0.326 e. The first kappa shape index (κ1) is 25.2. The van der Waals surface area contributed by atoms with Crippen LogP contribution in [0, 0.1) is 0 Å². The summed E-state index contributed by atoms with van der Waals surface area (Å²) in [6.45, 7) is 0.494. The molecule has 2 heterocycles. The molecule has 0 bridgehead atoms. The average Bonchev–Trinajstić information content (AvgIpc) is 3.48. The van der Waals surface area contributed by atoms with Gasteiger partial charge in [-0.3, -0.25) is 19.2 Å². The van der Waals surface area contributed by atoms with Gasteiger partial charge in [-0.1, -0.05) is 30.3 Å². The Bertz CT molecular complexity index is 939. The number of nitrogens with zero attached hydrogens (tertiary/aromatic N) is 2. The van der Waals surface area contributed by atoms with Crippen molar-refractivity contribution in [3.63, 3.8) is 0 Å². The molecule has 2 saturated heterocycles. The highest BCUT2D eigenvalue weighted by atomic mass is 16.4. The summed E-state index contributed by atoms with van der Waals surface area (Å²) < 4.78 is 0. The minimum Gasteiger partial charge on any atom is -0.481 e. The first-order valence-corrected chi connectivity index (χ1v) is 11.3. The van der Waals surface area contributed by atoms with E-state index in [1.54, 1.807) is 0 Å². The fourth-order valence-electron chi connectivity index (χ4n) is 4.60. The fraction of sp³-hybridized carbons (Fsp3) is 0.522. The van der Waals surface area contributed by atoms with Gasteiger partial charge in [-0.15, -0.1) is 0 Å². The molecule has 1 aromatic rings. The summed E-state index contributed by atoms with van der Waals surface area (Å²) in [5.41, 5.74) is 7.00. The summed E-state index contributed by atoms with van der Waals surface area (Å²) in [6.07, 6.45) is 1.26. The Hall–Kier alpha value is -3.47. The van der Waals surface area contributed by atoms with Gasteiger partial charge in [0, 0.05) is 13.1 Å². The number of likely N-dealkylation sites (tertiary alicyclic amines) is 2. The lowest BCUT2D eigenvalue weighted by Crippen LogP contribution is -2.57. The number of carboxylic acid groups (broad SMARTS) is 2. The number of hydrogen-bond acceptors (Lipinski definition) is 6. The molecule has 34 heavy (non-hydrogen) atoms. The van der Waals surface area contributed by atoms with Gasteiger partial charge in [-0.2, -0.15) is 0 Å². The lowest BCUT2D eigenvalue weighted by Gasteiger charge is -2.30. The van der Waals surface area contributed by atoms with E-state index in [1.165, 1.54) is 4.90 Å². The summed E-state index contributed by atoms with van der Waals surface area (Å²) >= 11 is 0. The minimum absolute atomic E-state index is 0.171. The maximum atomic E-state index is 13.0. The fourth-order valence-corrected chi connectivity index (χ4v) is 4.60. The smallest absolute Gasteiger partial charge is 0.326 e. The molecule has 0 aliphatic carbocycles. The molecule has 3 amide bonds. The monoisotopic (exact) mass is 474 g/mol. The Balaban J connectivity index is 1.69. The summed E-state index contributed by atoms with van der Waals surface area (Å²) in [6, 6.07) is 5.02. The standard InChI is InChI=1S/C23H30N4O7/c24-15(12-14-6-2-1-3-7-14)21(31)26-10-4-8-17(26)20(30)25-16(13-19(28)29)22(32)27-11-5-9-18(27)23(33)34/h1-3,6-7,15-18H,4-5,8-13,24H2,(H,25,30)(H,28,29)(H,33,34). The van der Waals surface area contributed by atoms with E-state index < -0.39 is 60.2 Å². The number of hydrogen-bond donors (Lipinski definition) is 4. The van der Waals surface area contributed by atoms with E-state index >= 15 is 0 Å². The number of nitrogens with two attached hydrogens (primary N) is 1. The SMILES string of the molecule is NC(Cc1ccccc1)C(=O)N1CCCC1C(=O)NC(CC(=O)O)C(=O)N1CCCC1C(=O)O. The molecule has 0 radical (unpaired) electrons. The van der Waals surface area contributed by atoms with Crippen LogP contribution in [-0.4, -0.2) is 86.9 Å². The second-order valence-electron chi connectivity index (χ2n) is 8.67. The number of rotatable bonds is 9. The molecule has 2 aliphatic rings. The predicted octanol–water partition coefficient (Wildman–Crippen LogP) is -0.417. The molecule has 3 rings (SSSR count). The van der Waals surface area contributed by atoms with E-state index in [0.717, 1.165) is 10.5 Å². The summed E-state index contributed by atoms with van der Waals surface area (Å²) in [5.74, 6) is -4.28. The second kappa shape index (κ2) is 11.1. The maximum absolute atomic E-state index is 13.0. The van der Waals surface area contributed by atoms with Crippen LogP contribution in [0.15, 0.2) is 30.3 Å². The number of amides is 3. The van der Waals surface area contributed by atoms with E-state index in [2.05, 4.69) is 5.32 Å². The van der Waals surface area contributed by atoms with Crippen molar-refractivity contribution in [2.45, 2.75) is 62.7 Å². The first-order chi connectivity index (χ1) is 16.2. The van der Waals surface area contributed by atoms with Gasteiger partial charge >= 0.3 is 11.9 Å².